The normalized spacial score (nSPS) is 11.9. The van der Waals surface area contributed by atoms with E-state index in [2.05, 4.69) is 0 Å². The van der Waals surface area contributed by atoms with E-state index in [1.165, 1.54) is 0 Å². The summed E-state index contributed by atoms with van der Waals surface area (Å²) in [5.41, 5.74) is 0. The Morgan fingerprint density at radius 3 is 1.47 bits per heavy atom. The first-order valence-electron chi connectivity index (χ1n) is 3.23. The maximum absolute atomic E-state index is 10.5. The molecule has 15 heavy (non-hydrogen) atoms. The van der Waals surface area contributed by atoms with Crippen LogP contribution in [0, 0.1) is 0 Å². The van der Waals surface area contributed by atoms with Gasteiger partial charge in [0.25, 0.3) is 0 Å². The predicted octanol–water partition coefficient (Wildman–Crippen LogP) is -0.508. The molecule has 0 atom stereocenters. The summed E-state index contributed by atoms with van der Waals surface area (Å²) in [6, 6.07) is 3.37. The van der Waals surface area contributed by atoms with Crippen molar-refractivity contribution in [3.63, 3.8) is 0 Å². The molecular weight excluding hydrogens is 340 g/mol. The van der Waals surface area contributed by atoms with Gasteiger partial charge in [-0.3, -0.25) is 0 Å². The SMILES string of the molecule is O=S(=O)([O-])c1cccc(S(=O)(=O)[O-])c1.[Ag]. The summed E-state index contributed by atoms with van der Waals surface area (Å²) in [7, 11) is -9.48. The van der Waals surface area contributed by atoms with E-state index in [4.69, 9.17) is 0 Å². The molecule has 1 radical (unpaired) electrons. The van der Waals surface area contributed by atoms with Gasteiger partial charge >= 0.3 is 0 Å². The van der Waals surface area contributed by atoms with Crippen LogP contribution in [0.5, 0.6) is 0 Å². The minimum absolute atomic E-state index is 0. The van der Waals surface area contributed by atoms with Crippen LogP contribution in [0.25, 0.3) is 0 Å². The predicted molar refractivity (Wildman–Crippen MR) is 42.4 cm³/mol. The monoisotopic (exact) mass is 343 g/mol. The molecule has 0 saturated carbocycles. The molecule has 0 aliphatic rings. The fourth-order valence-corrected chi connectivity index (χ4v) is 1.89. The van der Waals surface area contributed by atoms with Gasteiger partial charge in [-0.05, 0) is 18.2 Å². The van der Waals surface area contributed by atoms with Gasteiger partial charge in [0, 0.05) is 22.4 Å². The zero-order chi connectivity index (χ0) is 11.0. The Hall–Kier alpha value is -0.220. The summed E-state index contributed by atoms with van der Waals surface area (Å²) in [6.07, 6.45) is 0. The average molecular weight is 344 g/mol. The first kappa shape index (κ1) is 14.8. The van der Waals surface area contributed by atoms with Crippen LogP contribution in [-0.2, 0) is 42.6 Å². The van der Waals surface area contributed by atoms with E-state index in [1.54, 1.807) is 0 Å². The van der Waals surface area contributed by atoms with Crippen molar-refractivity contribution in [2.75, 3.05) is 0 Å². The Balaban J connectivity index is 0.00000196. The van der Waals surface area contributed by atoms with Crippen LogP contribution in [0.4, 0.5) is 0 Å². The summed E-state index contributed by atoms with van der Waals surface area (Å²) in [5, 5.41) is 0. The quantitative estimate of drug-likeness (QED) is 0.527. The fraction of sp³-hybridized carbons (Fsp3) is 0. The Kier molecular flexibility index (Phi) is 4.68. The summed E-state index contributed by atoms with van der Waals surface area (Å²) in [6.45, 7) is 0. The molecule has 0 fully saturated rings. The average Bonchev–Trinajstić information content (AvgIpc) is 2.01. The molecule has 0 aliphatic heterocycles. The summed E-state index contributed by atoms with van der Waals surface area (Å²) in [4.78, 5) is -1.48. The van der Waals surface area contributed by atoms with Crippen LogP contribution >= 0.6 is 0 Å². The maximum atomic E-state index is 10.5. The molecule has 0 aliphatic carbocycles. The number of benzene rings is 1. The van der Waals surface area contributed by atoms with Crippen LogP contribution in [-0.4, -0.2) is 25.9 Å². The molecule has 9 heteroatoms. The third-order valence-corrected chi connectivity index (χ3v) is 3.05. The molecule has 1 aromatic carbocycles. The van der Waals surface area contributed by atoms with Crippen LogP contribution < -0.4 is 0 Å². The second kappa shape index (κ2) is 4.74. The number of hydrogen-bond acceptors (Lipinski definition) is 6. The van der Waals surface area contributed by atoms with Crippen molar-refractivity contribution in [2.24, 2.45) is 0 Å². The Morgan fingerprint density at radius 1 is 0.867 bits per heavy atom. The molecule has 0 bridgehead atoms. The number of hydrogen-bond donors (Lipinski definition) is 0. The van der Waals surface area contributed by atoms with Crippen molar-refractivity contribution in [2.45, 2.75) is 9.79 Å². The third-order valence-electron chi connectivity index (χ3n) is 1.38. The van der Waals surface area contributed by atoms with Gasteiger partial charge < -0.3 is 9.11 Å². The van der Waals surface area contributed by atoms with Crippen molar-refractivity contribution in [1.82, 2.24) is 0 Å². The zero-order valence-electron chi connectivity index (χ0n) is 6.88. The van der Waals surface area contributed by atoms with Crippen molar-refractivity contribution in [1.29, 1.82) is 0 Å². The van der Waals surface area contributed by atoms with Crippen molar-refractivity contribution in [3.8, 4) is 0 Å². The molecule has 0 unspecified atom stereocenters. The standard InChI is InChI=1S/C6H6O6S2.Ag/c7-13(8,9)5-2-1-3-6(4-5)14(10,11)12;/h1-4H,(H,7,8,9)(H,10,11,12);/p-2. The van der Waals surface area contributed by atoms with Crippen molar-refractivity contribution < 1.29 is 48.3 Å². The Morgan fingerprint density at radius 2 is 1.20 bits per heavy atom. The molecular formula is C6H4AgO6S2-2. The van der Waals surface area contributed by atoms with E-state index in [0.29, 0.717) is 6.07 Å². The first-order valence-corrected chi connectivity index (χ1v) is 6.05. The first-order chi connectivity index (χ1) is 6.21. The van der Waals surface area contributed by atoms with Gasteiger partial charge in [0.15, 0.2) is 0 Å². The number of rotatable bonds is 2. The van der Waals surface area contributed by atoms with Crippen molar-refractivity contribution in [3.05, 3.63) is 24.3 Å². The molecule has 0 saturated heterocycles. The molecule has 1 aromatic rings. The second-order valence-corrected chi connectivity index (χ2v) is 5.14. The molecule has 0 aromatic heterocycles. The smallest absolute Gasteiger partial charge is 0.124 e. The van der Waals surface area contributed by atoms with Crippen molar-refractivity contribution >= 4 is 20.2 Å². The van der Waals surface area contributed by atoms with Crippen LogP contribution in [0.3, 0.4) is 0 Å². The van der Waals surface area contributed by atoms with E-state index in [-0.39, 0.29) is 22.4 Å². The summed E-state index contributed by atoms with van der Waals surface area (Å²) >= 11 is 0. The minimum atomic E-state index is -4.74. The van der Waals surface area contributed by atoms with Crippen LogP contribution in [0.2, 0.25) is 0 Å². The maximum Gasteiger partial charge on any atom is 0.124 e. The summed E-state index contributed by atoms with van der Waals surface area (Å²) < 4.78 is 62.8. The molecule has 1 rings (SSSR count). The van der Waals surface area contributed by atoms with E-state index in [0.717, 1.165) is 18.2 Å². The van der Waals surface area contributed by atoms with E-state index in [9.17, 15) is 25.9 Å². The van der Waals surface area contributed by atoms with E-state index in [1.807, 2.05) is 0 Å². The van der Waals surface area contributed by atoms with Gasteiger partial charge in [-0.2, -0.15) is 0 Å². The van der Waals surface area contributed by atoms with E-state index < -0.39 is 30.0 Å². The molecule has 0 N–H and O–H groups in total. The minimum Gasteiger partial charge on any atom is -0.744 e. The van der Waals surface area contributed by atoms with Gasteiger partial charge in [-0.15, -0.1) is 0 Å². The van der Waals surface area contributed by atoms with Gasteiger partial charge in [-0.1, -0.05) is 6.07 Å². The molecule has 89 valence electrons. The zero-order valence-corrected chi connectivity index (χ0v) is 9.99. The van der Waals surface area contributed by atoms with Gasteiger partial charge in [-0.25, -0.2) is 16.8 Å². The molecule has 6 nitrogen and oxygen atoms in total. The fourth-order valence-electron chi connectivity index (χ4n) is 0.785. The Labute approximate surface area is 102 Å². The van der Waals surface area contributed by atoms with E-state index >= 15 is 0 Å². The van der Waals surface area contributed by atoms with Crippen LogP contribution in [0.1, 0.15) is 0 Å². The largest absolute Gasteiger partial charge is 0.744 e. The molecule has 0 heterocycles. The van der Waals surface area contributed by atoms with Crippen LogP contribution in [0.15, 0.2) is 34.1 Å². The topological polar surface area (TPSA) is 114 Å². The van der Waals surface area contributed by atoms with Gasteiger partial charge in [0.2, 0.25) is 0 Å². The van der Waals surface area contributed by atoms with Gasteiger partial charge in [0.05, 0.1) is 9.79 Å². The third kappa shape index (κ3) is 4.03. The summed E-state index contributed by atoms with van der Waals surface area (Å²) in [5.74, 6) is 0. The van der Waals surface area contributed by atoms with Gasteiger partial charge in [0.1, 0.15) is 20.2 Å². The second-order valence-electron chi connectivity index (χ2n) is 2.38. The Bertz CT molecular complexity index is 499. The molecule has 0 amide bonds. The molecule has 0 spiro atoms.